The maximum atomic E-state index is 4.89. The summed E-state index contributed by atoms with van der Waals surface area (Å²) in [5, 5.41) is 3.53. The number of anilines is 2. The third-order valence-corrected chi connectivity index (χ3v) is 4.93. The van der Waals surface area contributed by atoms with Gasteiger partial charge in [0.1, 0.15) is 22.9 Å². The van der Waals surface area contributed by atoms with E-state index < -0.39 is 0 Å². The summed E-state index contributed by atoms with van der Waals surface area (Å²) in [6.07, 6.45) is 2.02. The lowest BCUT2D eigenvalue weighted by atomic mass is 10.1. The van der Waals surface area contributed by atoms with E-state index in [0.717, 1.165) is 45.4 Å². The standard InChI is InChI=1S/C27H20N4/c1-20-9-7-14-24(28-20)17-16-21-10-8-11-22(19-21)26-27(29-23-12-3-2-4-13-23)31-18-6-5-15-25(31)30-26/h2-15,18-19,29H,1H3. The first-order chi connectivity index (χ1) is 15.3. The molecule has 0 saturated heterocycles. The van der Waals surface area contributed by atoms with E-state index >= 15 is 0 Å². The molecule has 0 aliphatic carbocycles. The summed E-state index contributed by atoms with van der Waals surface area (Å²) in [7, 11) is 0. The molecule has 3 aromatic heterocycles. The SMILES string of the molecule is Cc1cccc(C#Cc2cccc(-c3nc4ccccn4c3Nc3ccccc3)c2)n1. The number of pyridine rings is 2. The topological polar surface area (TPSA) is 42.2 Å². The van der Waals surface area contributed by atoms with Crippen LogP contribution in [0.1, 0.15) is 17.0 Å². The van der Waals surface area contributed by atoms with Crippen LogP contribution in [-0.2, 0) is 0 Å². The molecule has 148 valence electrons. The second kappa shape index (κ2) is 8.17. The van der Waals surface area contributed by atoms with Crippen LogP contribution < -0.4 is 5.32 Å². The van der Waals surface area contributed by atoms with Crippen molar-refractivity contribution in [2.75, 3.05) is 5.32 Å². The van der Waals surface area contributed by atoms with Crippen LogP contribution in [0.3, 0.4) is 0 Å². The van der Waals surface area contributed by atoms with E-state index in [0.29, 0.717) is 0 Å². The molecule has 5 rings (SSSR count). The minimum absolute atomic E-state index is 0.768. The average molecular weight is 400 g/mol. The van der Waals surface area contributed by atoms with Gasteiger partial charge in [-0.25, -0.2) is 9.97 Å². The van der Waals surface area contributed by atoms with Crippen molar-refractivity contribution in [1.82, 2.24) is 14.4 Å². The van der Waals surface area contributed by atoms with Crippen LogP contribution in [0.2, 0.25) is 0 Å². The number of hydrogen-bond acceptors (Lipinski definition) is 3. The van der Waals surface area contributed by atoms with Crippen LogP contribution in [-0.4, -0.2) is 14.4 Å². The molecule has 2 aromatic carbocycles. The van der Waals surface area contributed by atoms with Crippen molar-refractivity contribution in [1.29, 1.82) is 0 Å². The van der Waals surface area contributed by atoms with E-state index in [9.17, 15) is 0 Å². The van der Waals surface area contributed by atoms with Crippen LogP contribution >= 0.6 is 0 Å². The molecule has 4 nitrogen and oxygen atoms in total. The number of aryl methyl sites for hydroxylation is 1. The maximum Gasteiger partial charge on any atom is 0.143 e. The summed E-state index contributed by atoms with van der Waals surface area (Å²) in [4.78, 5) is 9.35. The van der Waals surface area contributed by atoms with Gasteiger partial charge < -0.3 is 5.32 Å². The van der Waals surface area contributed by atoms with Gasteiger partial charge in [-0.05, 0) is 61.4 Å². The molecule has 0 saturated carbocycles. The number of fused-ring (bicyclic) bond motifs is 1. The second-order valence-electron chi connectivity index (χ2n) is 7.22. The summed E-state index contributed by atoms with van der Waals surface area (Å²) in [5.41, 5.74) is 6.43. The fourth-order valence-corrected chi connectivity index (χ4v) is 3.47. The largest absolute Gasteiger partial charge is 0.339 e. The lowest BCUT2D eigenvalue weighted by Crippen LogP contribution is -1.96. The van der Waals surface area contributed by atoms with Crippen molar-refractivity contribution >= 4 is 17.2 Å². The first-order valence-corrected chi connectivity index (χ1v) is 10.1. The van der Waals surface area contributed by atoms with Gasteiger partial charge >= 0.3 is 0 Å². The van der Waals surface area contributed by atoms with Crippen molar-refractivity contribution in [2.24, 2.45) is 0 Å². The third-order valence-electron chi connectivity index (χ3n) is 4.93. The highest BCUT2D eigenvalue weighted by Gasteiger charge is 2.14. The molecular weight excluding hydrogens is 380 g/mol. The van der Waals surface area contributed by atoms with Crippen LogP contribution in [0.4, 0.5) is 11.5 Å². The summed E-state index contributed by atoms with van der Waals surface area (Å²) < 4.78 is 2.07. The Balaban J connectivity index is 1.57. The minimum atomic E-state index is 0.768. The van der Waals surface area contributed by atoms with Gasteiger partial charge in [0.2, 0.25) is 0 Å². The Hall–Kier alpha value is -4.36. The van der Waals surface area contributed by atoms with Gasteiger partial charge in [-0.15, -0.1) is 0 Å². The van der Waals surface area contributed by atoms with Gasteiger partial charge in [-0.2, -0.15) is 0 Å². The van der Waals surface area contributed by atoms with Crippen molar-refractivity contribution in [2.45, 2.75) is 6.92 Å². The number of imidazole rings is 1. The quantitative estimate of drug-likeness (QED) is 0.386. The predicted octanol–water partition coefficient (Wildman–Crippen LogP) is 5.85. The highest BCUT2D eigenvalue weighted by atomic mass is 15.1. The predicted molar refractivity (Wildman–Crippen MR) is 125 cm³/mol. The van der Waals surface area contributed by atoms with Gasteiger partial charge in [-0.3, -0.25) is 4.40 Å². The Kier molecular flexibility index (Phi) is 4.92. The van der Waals surface area contributed by atoms with Gasteiger partial charge in [-0.1, -0.05) is 48.4 Å². The summed E-state index contributed by atoms with van der Waals surface area (Å²) in [5.74, 6) is 7.32. The Morgan fingerprint density at radius 2 is 1.61 bits per heavy atom. The van der Waals surface area contributed by atoms with E-state index in [1.165, 1.54) is 0 Å². The number of benzene rings is 2. The smallest absolute Gasteiger partial charge is 0.143 e. The molecule has 0 amide bonds. The van der Waals surface area contributed by atoms with Crippen molar-refractivity contribution in [3.8, 4) is 23.1 Å². The minimum Gasteiger partial charge on any atom is -0.339 e. The van der Waals surface area contributed by atoms with Gasteiger partial charge in [0.15, 0.2) is 0 Å². The van der Waals surface area contributed by atoms with E-state index in [1.54, 1.807) is 0 Å². The molecule has 5 aromatic rings. The molecule has 3 heterocycles. The normalized spacial score (nSPS) is 10.5. The van der Waals surface area contributed by atoms with E-state index in [4.69, 9.17) is 4.98 Å². The van der Waals surface area contributed by atoms with Crippen molar-refractivity contribution in [3.63, 3.8) is 0 Å². The molecule has 0 fully saturated rings. The molecule has 0 bridgehead atoms. The van der Waals surface area contributed by atoms with Gasteiger partial charge in [0.05, 0.1) is 0 Å². The Labute approximate surface area is 181 Å². The van der Waals surface area contributed by atoms with Crippen LogP contribution in [0.25, 0.3) is 16.9 Å². The number of rotatable bonds is 3. The van der Waals surface area contributed by atoms with E-state index in [-0.39, 0.29) is 0 Å². The molecule has 0 unspecified atom stereocenters. The zero-order chi connectivity index (χ0) is 21.0. The van der Waals surface area contributed by atoms with Crippen molar-refractivity contribution in [3.05, 3.63) is 114 Å². The third kappa shape index (κ3) is 4.03. The summed E-state index contributed by atoms with van der Waals surface area (Å²) in [6.45, 7) is 1.97. The van der Waals surface area contributed by atoms with Gasteiger partial charge in [0.25, 0.3) is 0 Å². The Bertz CT molecular complexity index is 1420. The highest BCUT2D eigenvalue weighted by molar-refractivity contribution is 5.80. The zero-order valence-corrected chi connectivity index (χ0v) is 17.1. The fraction of sp³-hybridized carbons (Fsp3) is 0.0370. The number of hydrogen-bond donors (Lipinski definition) is 1. The average Bonchev–Trinajstić information content (AvgIpc) is 3.17. The maximum absolute atomic E-state index is 4.89. The highest BCUT2D eigenvalue weighted by Crippen LogP contribution is 2.31. The van der Waals surface area contributed by atoms with Crippen LogP contribution in [0, 0.1) is 18.8 Å². The fourth-order valence-electron chi connectivity index (χ4n) is 3.47. The molecule has 31 heavy (non-hydrogen) atoms. The second-order valence-corrected chi connectivity index (χ2v) is 7.22. The number of nitrogens with zero attached hydrogens (tertiary/aromatic N) is 3. The molecule has 0 aliphatic heterocycles. The Morgan fingerprint density at radius 1 is 0.774 bits per heavy atom. The molecular formula is C27H20N4. The summed E-state index contributed by atoms with van der Waals surface area (Å²) in [6, 6.07) is 30.2. The van der Waals surface area contributed by atoms with Crippen LogP contribution in [0.15, 0.2) is 97.2 Å². The summed E-state index contributed by atoms with van der Waals surface area (Å²) >= 11 is 0. The number of aromatic nitrogens is 3. The Morgan fingerprint density at radius 3 is 2.48 bits per heavy atom. The zero-order valence-electron chi connectivity index (χ0n) is 17.1. The van der Waals surface area contributed by atoms with Gasteiger partial charge in [0, 0.05) is 28.7 Å². The monoisotopic (exact) mass is 400 g/mol. The molecule has 0 radical (unpaired) electrons. The van der Waals surface area contributed by atoms with Crippen LogP contribution in [0.5, 0.6) is 0 Å². The molecule has 0 atom stereocenters. The molecule has 0 aliphatic rings. The van der Waals surface area contributed by atoms with Crippen molar-refractivity contribution < 1.29 is 0 Å². The first kappa shape index (κ1) is 18.7. The van der Waals surface area contributed by atoms with E-state index in [1.807, 2.05) is 92.0 Å². The molecule has 1 N–H and O–H groups in total. The lowest BCUT2D eigenvalue weighted by Gasteiger charge is -2.09. The molecule has 0 spiro atoms. The molecule has 4 heteroatoms. The first-order valence-electron chi connectivity index (χ1n) is 10.1. The lowest BCUT2D eigenvalue weighted by molar-refractivity contribution is 1.18. The number of nitrogens with one attached hydrogen (secondary N) is 1. The van der Waals surface area contributed by atoms with E-state index in [2.05, 4.69) is 38.7 Å². The number of para-hydroxylation sites is 1.